The predicted octanol–water partition coefficient (Wildman–Crippen LogP) is 1.70. The molecule has 0 spiro atoms. The Balaban J connectivity index is 2.99. The van der Waals surface area contributed by atoms with Gasteiger partial charge in [0.1, 0.15) is 0 Å². The van der Waals surface area contributed by atoms with Crippen molar-refractivity contribution in [3.8, 4) is 11.5 Å². The molecule has 0 aromatic heterocycles. The minimum absolute atomic E-state index is 0.161. The van der Waals surface area contributed by atoms with Crippen molar-refractivity contribution in [1.82, 2.24) is 5.32 Å². The molecule has 0 radical (unpaired) electrons. The molecule has 0 bridgehead atoms. The molecule has 2 N–H and O–H groups in total. The fraction of sp³-hybridized carbons (Fsp3) is 0.333. The van der Waals surface area contributed by atoms with Gasteiger partial charge in [-0.05, 0) is 26.0 Å². The summed E-state index contributed by atoms with van der Waals surface area (Å²) in [5.74, 6) is -0.499. The lowest BCUT2D eigenvalue weighted by Gasteiger charge is -2.14. The van der Waals surface area contributed by atoms with Gasteiger partial charge in [0.2, 0.25) is 0 Å². The molecule has 1 rings (SSSR count). The molecule has 0 fully saturated rings. The van der Waals surface area contributed by atoms with Crippen LogP contribution in [0.4, 0.5) is 0 Å². The van der Waals surface area contributed by atoms with Gasteiger partial charge in [-0.1, -0.05) is 12.1 Å². The lowest BCUT2D eigenvalue weighted by atomic mass is 10.1. The summed E-state index contributed by atoms with van der Waals surface area (Å²) in [5.41, 5.74) is 0.535. The molecule has 0 aliphatic heterocycles. The number of carboxylic acids is 1. The molecule has 21 heavy (non-hydrogen) atoms. The van der Waals surface area contributed by atoms with Crippen LogP contribution in [0.2, 0.25) is 0 Å². The number of rotatable bonds is 8. The van der Waals surface area contributed by atoms with E-state index >= 15 is 0 Å². The first kappa shape index (κ1) is 16.6. The molecule has 0 saturated heterocycles. The molecule has 0 aliphatic rings. The third-order valence-electron chi connectivity index (χ3n) is 2.44. The van der Waals surface area contributed by atoms with Crippen LogP contribution in [0, 0.1) is 0 Å². The van der Waals surface area contributed by atoms with E-state index in [0.717, 1.165) is 6.08 Å². The van der Waals surface area contributed by atoms with E-state index < -0.39 is 5.97 Å². The van der Waals surface area contributed by atoms with E-state index in [0.29, 0.717) is 30.2 Å². The van der Waals surface area contributed by atoms with Gasteiger partial charge in [-0.15, -0.1) is 0 Å². The average Bonchev–Trinajstić information content (AvgIpc) is 2.44. The topological polar surface area (TPSA) is 84.9 Å². The third kappa shape index (κ3) is 5.56. The van der Waals surface area contributed by atoms with Crippen molar-refractivity contribution < 1.29 is 24.2 Å². The van der Waals surface area contributed by atoms with Crippen molar-refractivity contribution in [2.75, 3.05) is 19.8 Å². The smallest absolute Gasteiger partial charge is 0.328 e. The van der Waals surface area contributed by atoms with Crippen LogP contribution in [0.25, 0.3) is 6.08 Å². The minimum atomic E-state index is -1.06. The van der Waals surface area contributed by atoms with Crippen molar-refractivity contribution in [2.45, 2.75) is 13.8 Å². The number of carbonyl (C=O) groups is 2. The lowest BCUT2D eigenvalue weighted by molar-refractivity contribution is -0.131. The molecule has 0 atom stereocenters. The van der Waals surface area contributed by atoms with Crippen LogP contribution in [-0.2, 0) is 9.59 Å². The molecular weight excluding hydrogens is 274 g/mol. The highest BCUT2D eigenvalue weighted by atomic mass is 16.5. The van der Waals surface area contributed by atoms with Crippen LogP contribution >= 0.6 is 0 Å². The van der Waals surface area contributed by atoms with E-state index in [2.05, 4.69) is 5.32 Å². The van der Waals surface area contributed by atoms with E-state index in [4.69, 9.17) is 14.6 Å². The Morgan fingerprint density at radius 1 is 1.29 bits per heavy atom. The number of carbonyl (C=O) groups excluding carboxylic acids is 1. The molecule has 114 valence electrons. The fourth-order valence-electron chi connectivity index (χ4n) is 1.63. The second-order valence-corrected chi connectivity index (χ2v) is 4.02. The van der Waals surface area contributed by atoms with Gasteiger partial charge in [0, 0.05) is 18.2 Å². The molecule has 1 aromatic carbocycles. The van der Waals surface area contributed by atoms with Gasteiger partial charge in [-0.25, -0.2) is 4.79 Å². The molecular formula is C15H19NO5. The summed E-state index contributed by atoms with van der Waals surface area (Å²) in [5, 5.41) is 11.3. The zero-order valence-electron chi connectivity index (χ0n) is 12.1. The monoisotopic (exact) mass is 293 g/mol. The number of para-hydroxylation sites is 1. The maximum Gasteiger partial charge on any atom is 0.328 e. The molecule has 0 saturated carbocycles. The van der Waals surface area contributed by atoms with Crippen molar-refractivity contribution in [2.24, 2.45) is 0 Å². The summed E-state index contributed by atoms with van der Waals surface area (Å²) in [7, 11) is 0. The molecule has 0 aliphatic carbocycles. The number of likely N-dealkylation sites (N-methyl/N-ethyl adjacent to an activating group) is 1. The number of hydrogen-bond donors (Lipinski definition) is 2. The average molecular weight is 293 g/mol. The standard InChI is InChI=1S/C15H19NO5/c1-3-16-13(17)10-21-15-11(8-9-14(18)19)6-5-7-12(15)20-4-2/h5-9H,3-4,10H2,1-2H3,(H,16,17)(H,18,19)/b9-8+. The van der Waals surface area contributed by atoms with Crippen LogP contribution in [0.5, 0.6) is 11.5 Å². The summed E-state index contributed by atoms with van der Waals surface area (Å²) in [6.45, 7) is 4.43. The Morgan fingerprint density at radius 3 is 2.67 bits per heavy atom. The minimum Gasteiger partial charge on any atom is -0.490 e. The SMILES string of the molecule is CCNC(=O)COc1c(/C=C/C(=O)O)cccc1OCC. The van der Waals surface area contributed by atoms with Crippen LogP contribution in [-0.4, -0.2) is 36.7 Å². The number of nitrogens with one attached hydrogen (secondary N) is 1. The largest absolute Gasteiger partial charge is 0.490 e. The number of hydrogen-bond acceptors (Lipinski definition) is 4. The summed E-state index contributed by atoms with van der Waals surface area (Å²) in [4.78, 5) is 22.1. The van der Waals surface area contributed by atoms with Gasteiger partial charge in [0.15, 0.2) is 18.1 Å². The number of ether oxygens (including phenoxy) is 2. The summed E-state index contributed by atoms with van der Waals surface area (Å²) in [6.07, 6.45) is 2.40. The summed E-state index contributed by atoms with van der Waals surface area (Å²) in [6, 6.07) is 5.12. The van der Waals surface area contributed by atoms with Crippen molar-refractivity contribution in [3.05, 3.63) is 29.8 Å². The highest BCUT2D eigenvalue weighted by Crippen LogP contribution is 2.32. The zero-order chi connectivity index (χ0) is 15.7. The highest BCUT2D eigenvalue weighted by Gasteiger charge is 2.11. The number of amides is 1. The van der Waals surface area contributed by atoms with E-state index in [1.165, 1.54) is 6.08 Å². The molecule has 6 nitrogen and oxygen atoms in total. The van der Waals surface area contributed by atoms with Gasteiger partial charge in [-0.2, -0.15) is 0 Å². The van der Waals surface area contributed by atoms with Gasteiger partial charge < -0.3 is 19.9 Å². The normalized spacial score (nSPS) is 10.4. The molecule has 1 amide bonds. The molecule has 0 heterocycles. The van der Waals surface area contributed by atoms with Gasteiger partial charge in [0.25, 0.3) is 5.91 Å². The number of carboxylic acid groups (broad SMARTS) is 1. The third-order valence-corrected chi connectivity index (χ3v) is 2.44. The van der Waals surface area contributed by atoms with Gasteiger partial charge >= 0.3 is 5.97 Å². The predicted molar refractivity (Wildman–Crippen MR) is 78.5 cm³/mol. The first-order valence-electron chi connectivity index (χ1n) is 6.64. The lowest BCUT2D eigenvalue weighted by Crippen LogP contribution is -2.28. The fourth-order valence-corrected chi connectivity index (χ4v) is 1.63. The highest BCUT2D eigenvalue weighted by molar-refractivity contribution is 5.86. The van der Waals surface area contributed by atoms with E-state index in [1.807, 2.05) is 13.8 Å². The van der Waals surface area contributed by atoms with Gasteiger partial charge in [-0.3, -0.25) is 4.79 Å². The number of benzene rings is 1. The molecule has 6 heteroatoms. The van der Waals surface area contributed by atoms with Crippen LogP contribution < -0.4 is 14.8 Å². The summed E-state index contributed by atoms with van der Waals surface area (Å²) >= 11 is 0. The Hall–Kier alpha value is -2.50. The Kier molecular flexibility index (Phi) is 6.80. The second kappa shape index (κ2) is 8.63. The molecule has 0 unspecified atom stereocenters. The van der Waals surface area contributed by atoms with Crippen molar-refractivity contribution in [1.29, 1.82) is 0 Å². The van der Waals surface area contributed by atoms with E-state index in [9.17, 15) is 9.59 Å². The Labute approximate surface area is 123 Å². The van der Waals surface area contributed by atoms with E-state index in [-0.39, 0.29) is 12.5 Å². The number of aliphatic carboxylic acids is 1. The Morgan fingerprint density at radius 2 is 2.05 bits per heavy atom. The quantitative estimate of drug-likeness (QED) is 0.713. The second-order valence-electron chi connectivity index (χ2n) is 4.02. The first-order valence-corrected chi connectivity index (χ1v) is 6.64. The van der Waals surface area contributed by atoms with E-state index in [1.54, 1.807) is 18.2 Å². The maximum atomic E-state index is 11.5. The summed E-state index contributed by atoms with van der Waals surface area (Å²) < 4.78 is 10.9. The van der Waals surface area contributed by atoms with Crippen LogP contribution in [0.1, 0.15) is 19.4 Å². The van der Waals surface area contributed by atoms with Gasteiger partial charge in [0.05, 0.1) is 6.61 Å². The maximum absolute atomic E-state index is 11.5. The van der Waals surface area contributed by atoms with Crippen molar-refractivity contribution >= 4 is 18.0 Å². The zero-order valence-corrected chi connectivity index (χ0v) is 12.1. The van der Waals surface area contributed by atoms with Crippen molar-refractivity contribution in [3.63, 3.8) is 0 Å². The van der Waals surface area contributed by atoms with Crippen LogP contribution in [0.3, 0.4) is 0 Å². The first-order chi connectivity index (χ1) is 10.1. The Bertz CT molecular complexity index is 525. The molecule has 1 aromatic rings. The van der Waals surface area contributed by atoms with Crippen LogP contribution in [0.15, 0.2) is 24.3 Å².